The van der Waals surface area contributed by atoms with Gasteiger partial charge in [0, 0.05) is 13.1 Å². The summed E-state index contributed by atoms with van der Waals surface area (Å²) in [7, 11) is 1.24. The molecule has 0 saturated heterocycles. The van der Waals surface area contributed by atoms with Gasteiger partial charge in [0.05, 0.1) is 13.7 Å². The molecule has 0 aliphatic carbocycles. The van der Waals surface area contributed by atoms with Crippen LogP contribution in [0.2, 0.25) is 0 Å². The smallest absolute Gasteiger partial charge is 0.338 e. The molecule has 0 aliphatic rings. The molecule has 0 spiro atoms. The molecular formula is C13H19NO4. The highest BCUT2D eigenvalue weighted by molar-refractivity contribution is 5.78. The lowest BCUT2D eigenvalue weighted by atomic mass is 10.1. The number of rotatable bonds is 6. The van der Waals surface area contributed by atoms with Crippen molar-refractivity contribution in [3.63, 3.8) is 0 Å². The Labute approximate surface area is 106 Å². The summed E-state index contributed by atoms with van der Waals surface area (Å²) in [5.41, 5.74) is 0.327. The molecule has 3 N–H and O–H groups in total. The summed E-state index contributed by atoms with van der Waals surface area (Å²) in [5, 5.41) is 21.7. The van der Waals surface area contributed by atoms with Gasteiger partial charge in [0.15, 0.2) is 5.60 Å². The van der Waals surface area contributed by atoms with E-state index in [0.717, 1.165) is 11.1 Å². The van der Waals surface area contributed by atoms with Gasteiger partial charge in [0.1, 0.15) is 0 Å². The fourth-order valence-corrected chi connectivity index (χ4v) is 1.50. The molecule has 0 heterocycles. The molecular weight excluding hydrogens is 234 g/mol. The van der Waals surface area contributed by atoms with Gasteiger partial charge < -0.3 is 20.3 Å². The fourth-order valence-electron chi connectivity index (χ4n) is 1.50. The average molecular weight is 253 g/mol. The Morgan fingerprint density at radius 3 is 2.39 bits per heavy atom. The first-order chi connectivity index (χ1) is 8.49. The van der Waals surface area contributed by atoms with Crippen LogP contribution in [0.25, 0.3) is 0 Å². The van der Waals surface area contributed by atoms with Gasteiger partial charge in [0.2, 0.25) is 0 Å². The van der Waals surface area contributed by atoms with Crippen molar-refractivity contribution in [3.05, 3.63) is 35.4 Å². The maximum absolute atomic E-state index is 11.2. The molecule has 0 aromatic heterocycles. The van der Waals surface area contributed by atoms with Gasteiger partial charge >= 0.3 is 5.97 Å². The van der Waals surface area contributed by atoms with Crippen LogP contribution >= 0.6 is 0 Å². The van der Waals surface area contributed by atoms with Crippen molar-refractivity contribution in [1.29, 1.82) is 0 Å². The number of hydrogen-bond acceptors (Lipinski definition) is 5. The first-order valence-corrected chi connectivity index (χ1v) is 5.70. The predicted octanol–water partition coefficient (Wildman–Crippen LogP) is 0.192. The monoisotopic (exact) mass is 253 g/mol. The Bertz CT molecular complexity index is 386. The van der Waals surface area contributed by atoms with Crippen molar-refractivity contribution in [1.82, 2.24) is 5.32 Å². The molecule has 0 radical (unpaired) electrons. The summed E-state index contributed by atoms with van der Waals surface area (Å²) in [5.74, 6) is -0.661. The molecule has 1 atom stereocenters. The number of nitrogens with one attached hydrogen (secondary N) is 1. The molecule has 100 valence electrons. The largest absolute Gasteiger partial charge is 0.467 e. The molecule has 18 heavy (non-hydrogen) atoms. The minimum Gasteiger partial charge on any atom is -0.467 e. The van der Waals surface area contributed by atoms with Crippen LogP contribution in [0.4, 0.5) is 0 Å². The van der Waals surface area contributed by atoms with Crippen LogP contribution in [0.1, 0.15) is 18.1 Å². The van der Waals surface area contributed by atoms with Crippen molar-refractivity contribution in [2.24, 2.45) is 0 Å². The van der Waals surface area contributed by atoms with Crippen LogP contribution < -0.4 is 5.32 Å². The first-order valence-electron chi connectivity index (χ1n) is 5.70. The van der Waals surface area contributed by atoms with Crippen molar-refractivity contribution in [3.8, 4) is 0 Å². The maximum Gasteiger partial charge on any atom is 0.338 e. The molecule has 0 bridgehead atoms. The number of ether oxygens (including phenoxy) is 1. The van der Waals surface area contributed by atoms with Crippen molar-refractivity contribution in [2.75, 3.05) is 13.7 Å². The minimum atomic E-state index is -1.53. The first kappa shape index (κ1) is 14.6. The zero-order chi connectivity index (χ0) is 13.6. The Morgan fingerprint density at radius 2 is 1.89 bits per heavy atom. The van der Waals surface area contributed by atoms with E-state index in [1.807, 2.05) is 24.3 Å². The third-order valence-electron chi connectivity index (χ3n) is 2.63. The van der Waals surface area contributed by atoms with E-state index in [0.29, 0.717) is 6.54 Å². The lowest BCUT2D eigenvalue weighted by Crippen LogP contribution is -2.45. The van der Waals surface area contributed by atoms with Gasteiger partial charge in [-0.3, -0.25) is 0 Å². The zero-order valence-electron chi connectivity index (χ0n) is 10.6. The third kappa shape index (κ3) is 4.10. The molecule has 0 aliphatic heterocycles. The third-order valence-corrected chi connectivity index (χ3v) is 2.63. The molecule has 1 aromatic carbocycles. The van der Waals surface area contributed by atoms with E-state index in [1.54, 1.807) is 0 Å². The molecule has 0 saturated carbocycles. The number of aliphatic hydroxyl groups excluding tert-OH is 1. The number of benzene rings is 1. The molecule has 1 unspecified atom stereocenters. The fraction of sp³-hybridized carbons (Fsp3) is 0.462. The summed E-state index contributed by atoms with van der Waals surface area (Å²) in [6.07, 6.45) is 0. The number of esters is 1. The quantitative estimate of drug-likeness (QED) is 0.631. The summed E-state index contributed by atoms with van der Waals surface area (Å²) in [6.45, 7) is 2.06. The number of methoxy groups -OCH3 is 1. The van der Waals surface area contributed by atoms with E-state index in [4.69, 9.17) is 5.11 Å². The Hall–Kier alpha value is -1.43. The minimum absolute atomic E-state index is 0.0186. The van der Waals surface area contributed by atoms with Gasteiger partial charge in [-0.1, -0.05) is 24.3 Å². The predicted molar refractivity (Wildman–Crippen MR) is 66.7 cm³/mol. The number of aliphatic hydroxyl groups is 2. The second-order valence-corrected chi connectivity index (χ2v) is 4.34. The van der Waals surface area contributed by atoms with Crippen molar-refractivity contribution in [2.45, 2.75) is 25.7 Å². The van der Waals surface area contributed by atoms with Gasteiger partial charge in [-0.25, -0.2) is 4.79 Å². The van der Waals surface area contributed by atoms with E-state index >= 15 is 0 Å². The highest BCUT2D eigenvalue weighted by Crippen LogP contribution is 2.06. The average Bonchev–Trinajstić information content (AvgIpc) is 2.38. The Kier molecular flexibility index (Phi) is 5.27. The summed E-state index contributed by atoms with van der Waals surface area (Å²) >= 11 is 0. The van der Waals surface area contributed by atoms with Crippen LogP contribution in [0.5, 0.6) is 0 Å². The standard InChI is InChI=1S/C13H19NO4/c1-13(17,12(16)18-2)9-14-7-10-3-5-11(8-15)6-4-10/h3-6,14-15,17H,7-9H2,1-2H3. The molecule has 0 fully saturated rings. The van der Waals surface area contributed by atoms with E-state index in [9.17, 15) is 9.90 Å². The second kappa shape index (κ2) is 6.49. The van der Waals surface area contributed by atoms with E-state index in [-0.39, 0.29) is 13.2 Å². The highest BCUT2D eigenvalue weighted by atomic mass is 16.5. The number of carbonyl (C=O) groups is 1. The zero-order valence-corrected chi connectivity index (χ0v) is 10.6. The highest BCUT2D eigenvalue weighted by Gasteiger charge is 2.30. The summed E-state index contributed by atoms with van der Waals surface area (Å²) < 4.78 is 4.49. The number of hydrogen-bond donors (Lipinski definition) is 3. The summed E-state index contributed by atoms with van der Waals surface area (Å²) in [6, 6.07) is 7.42. The van der Waals surface area contributed by atoms with Crippen LogP contribution in [0.15, 0.2) is 24.3 Å². The lowest BCUT2D eigenvalue weighted by molar-refractivity contribution is -0.159. The van der Waals surface area contributed by atoms with Gasteiger partial charge in [-0.05, 0) is 18.1 Å². The van der Waals surface area contributed by atoms with Crippen molar-refractivity contribution >= 4 is 5.97 Å². The SMILES string of the molecule is COC(=O)C(C)(O)CNCc1ccc(CO)cc1. The normalized spacial score (nSPS) is 14.0. The number of carbonyl (C=O) groups excluding carboxylic acids is 1. The van der Waals surface area contributed by atoms with Crippen molar-refractivity contribution < 1.29 is 19.7 Å². The Balaban J connectivity index is 2.43. The molecule has 5 heteroatoms. The molecule has 1 rings (SSSR count). The van der Waals surface area contributed by atoms with Gasteiger partial charge in [0.25, 0.3) is 0 Å². The van der Waals surface area contributed by atoms with Crippen LogP contribution in [0.3, 0.4) is 0 Å². The van der Waals surface area contributed by atoms with E-state index < -0.39 is 11.6 Å². The molecule has 0 amide bonds. The molecule has 1 aromatic rings. The topological polar surface area (TPSA) is 78.8 Å². The lowest BCUT2D eigenvalue weighted by Gasteiger charge is -2.20. The molecule has 5 nitrogen and oxygen atoms in total. The van der Waals surface area contributed by atoms with E-state index in [1.165, 1.54) is 14.0 Å². The maximum atomic E-state index is 11.2. The van der Waals surface area contributed by atoms with Crippen LogP contribution in [0, 0.1) is 0 Å². The second-order valence-electron chi connectivity index (χ2n) is 4.34. The van der Waals surface area contributed by atoms with Gasteiger partial charge in [-0.15, -0.1) is 0 Å². The van der Waals surface area contributed by atoms with Crippen LogP contribution in [-0.2, 0) is 22.7 Å². The summed E-state index contributed by atoms with van der Waals surface area (Å²) in [4.78, 5) is 11.2. The van der Waals surface area contributed by atoms with Crippen LogP contribution in [-0.4, -0.2) is 35.4 Å². The Morgan fingerprint density at radius 1 is 1.33 bits per heavy atom. The van der Waals surface area contributed by atoms with Gasteiger partial charge in [-0.2, -0.15) is 0 Å². The van der Waals surface area contributed by atoms with E-state index in [2.05, 4.69) is 10.1 Å².